The van der Waals surface area contributed by atoms with Gasteiger partial charge in [-0.15, -0.1) is 0 Å². The van der Waals surface area contributed by atoms with Gasteiger partial charge in [0.1, 0.15) is 0 Å². The van der Waals surface area contributed by atoms with Crippen molar-refractivity contribution in [3.8, 4) is 0 Å². The Morgan fingerprint density at radius 2 is 1.81 bits per heavy atom. The van der Waals surface area contributed by atoms with Gasteiger partial charge in [0.05, 0.1) is 0 Å². The molecule has 3 nitrogen and oxygen atoms in total. The van der Waals surface area contributed by atoms with Crippen molar-refractivity contribution in [1.82, 2.24) is 10.2 Å². The number of nitrogens with zero attached hydrogens (tertiary/aromatic N) is 1. The van der Waals surface area contributed by atoms with Crippen LogP contribution in [-0.2, 0) is 4.79 Å². The van der Waals surface area contributed by atoms with E-state index in [1.807, 2.05) is 25.1 Å². The summed E-state index contributed by atoms with van der Waals surface area (Å²) in [7, 11) is 4.04. The Bertz CT molecular complexity index is 479. The predicted molar refractivity (Wildman–Crippen MR) is 85.2 cm³/mol. The number of hydrogen-bond acceptors (Lipinski definition) is 2. The zero-order valence-electron chi connectivity index (χ0n) is 13.1. The molecule has 2 aliphatic rings. The number of nitrogens with one attached hydrogen (secondary N) is 1. The number of benzene rings is 1. The molecular weight excluding hydrogens is 260 g/mol. The Morgan fingerprint density at radius 3 is 2.43 bits per heavy atom. The number of carbonyl (C=O) groups is 1. The molecule has 0 aliphatic heterocycles. The third-order valence-corrected chi connectivity index (χ3v) is 5.34. The van der Waals surface area contributed by atoms with Crippen LogP contribution in [0.3, 0.4) is 0 Å². The summed E-state index contributed by atoms with van der Waals surface area (Å²) in [6.07, 6.45) is 5.67. The molecular formula is C18H26N2O. The first kappa shape index (κ1) is 14.6. The molecule has 114 valence electrons. The summed E-state index contributed by atoms with van der Waals surface area (Å²) < 4.78 is 0. The maximum absolute atomic E-state index is 12.6. The Kier molecular flexibility index (Phi) is 4.29. The summed E-state index contributed by atoms with van der Waals surface area (Å²) in [4.78, 5) is 14.7. The van der Waals surface area contributed by atoms with E-state index in [2.05, 4.69) is 29.6 Å². The van der Waals surface area contributed by atoms with E-state index in [0.717, 1.165) is 19.3 Å². The van der Waals surface area contributed by atoms with E-state index in [1.165, 1.54) is 18.4 Å². The zero-order valence-corrected chi connectivity index (χ0v) is 13.1. The molecule has 3 heteroatoms. The van der Waals surface area contributed by atoms with Crippen molar-refractivity contribution in [3.05, 3.63) is 35.9 Å². The van der Waals surface area contributed by atoms with Gasteiger partial charge < -0.3 is 10.2 Å². The molecule has 0 radical (unpaired) electrons. The fraction of sp³-hybridized carbons (Fsp3) is 0.611. The number of hydrogen-bond donors (Lipinski definition) is 1. The maximum atomic E-state index is 12.6. The predicted octanol–water partition coefficient (Wildman–Crippen LogP) is 2.78. The van der Waals surface area contributed by atoms with Crippen LogP contribution in [-0.4, -0.2) is 37.0 Å². The summed E-state index contributed by atoms with van der Waals surface area (Å²) in [5, 5.41) is 3.35. The molecule has 1 aromatic carbocycles. The van der Waals surface area contributed by atoms with E-state index in [1.54, 1.807) is 0 Å². The second-order valence-corrected chi connectivity index (χ2v) is 6.60. The van der Waals surface area contributed by atoms with Gasteiger partial charge >= 0.3 is 0 Å². The van der Waals surface area contributed by atoms with Crippen molar-refractivity contribution >= 4 is 5.91 Å². The molecule has 21 heavy (non-hydrogen) atoms. The van der Waals surface area contributed by atoms with Gasteiger partial charge in [-0.3, -0.25) is 4.79 Å². The zero-order chi connectivity index (χ0) is 14.8. The highest BCUT2D eigenvalue weighted by Gasteiger charge is 2.46. The molecule has 1 N–H and O–H groups in total. The SMILES string of the molecule is CNC1CCC(N(C)C(=O)C2CC2c2ccccc2)CC1. The van der Waals surface area contributed by atoms with Crippen LogP contribution < -0.4 is 5.32 Å². The maximum Gasteiger partial charge on any atom is 0.226 e. The van der Waals surface area contributed by atoms with E-state index in [4.69, 9.17) is 0 Å². The van der Waals surface area contributed by atoms with Gasteiger partial charge in [-0.05, 0) is 50.6 Å². The minimum Gasteiger partial charge on any atom is -0.343 e. The van der Waals surface area contributed by atoms with Crippen LogP contribution in [0.4, 0.5) is 0 Å². The molecule has 2 atom stereocenters. The molecule has 0 heterocycles. The molecule has 1 amide bonds. The minimum absolute atomic E-state index is 0.222. The quantitative estimate of drug-likeness (QED) is 0.923. The molecule has 1 aromatic rings. The lowest BCUT2D eigenvalue weighted by molar-refractivity contribution is -0.134. The first-order valence-corrected chi connectivity index (χ1v) is 8.19. The molecule has 3 rings (SSSR count). The third-order valence-electron chi connectivity index (χ3n) is 5.34. The number of carbonyl (C=O) groups excluding carboxylic acids is 1. The lowest BCUT2D eigenvalue weighted by Gasteiger charge is -2.34. The number of amides is 1. The van der Waals surface area contributed by atoms with Crippen LogP contribution >= 0.6 is 0 Å². The Balaban J connectivity index is 1.55. The van der Waals surface area contributed by atoms with E-state index in [9.17, 15) is 4.79 Å². The highest BCUT2D eigenvalue weighted by molar-refractivity contribution is 5.83. The van der Waals surface area contributed by atoms with Crippen LogP contribution in [0.2, 0.25) is 0 Å². The largest absolute Gasteiger partial charge is 0.343 e. The molecule has 2 unspecified atom stereocenters. The van der Waals surface area contributed by atoms with Crippen LogP contribution in [0.1, 0.15) is 43.6 Å². The topological polar surface area (TPSA) is 32.3 Å². The van der Waals surface area contributed by atoms with Crippen LogP contribution in [0, 0.1) is 5.92 Å². The second kappa shape index (κ2) is 6.18. The van der Waals surface area contributed by atoms with Gasteiger partial charge in [0, 0.05) is 25.0 Å². The number of rotatable bonds is 4. The molecule has 0 aromatic heterocycles. The van der Waals surface area contributed by atoms with Crippen LogP contribution in [0.25, 0.3) is 0 Å². The first-order chi connectivity index (χ1) is 10.2. The first-order valence-electron chi connectivity index (χ1n) is 8.19. The lowest BCUT2D eigenvalue weighted by Crippen LogP contribution is -2.43. The summed E-state index contributed by atoms with van der Waals surface area (Å²) >= 11 is 0. The van der Waals surface area contributed by atoms with Crippen molar-refractivity contribution < 1.29 is 4.79 Å². The third kappa shape index (κ3) is 3.13. The summed E-state index contributed by atoms with van der Waals surface area (Å²) in [6, 6.07) is 11.6. The van der Waals surface area contributed by atoms with Gasteiger partial charge in [0.2, 0.25) is 5.91 Å². The second-order valence-electron chi connectivity index (χ2n) is 6.60. The van der Waals surface area contributed by atoms with Crippen LogP contribution in [0.5, 0.6) is 0 Å². The van der Waals surface area contributed by atoms with Gasteiger partial charge in [-0.2, -0.15) is 0 Å². The van der Waals surface area contributed by atoms with Crippen molar-refractivity contribution in [1.29, 1.82) is 0 Å². The molecule has 0 spiro atoms. The highest BCUT2D eigenvalue weighted by Crippen LogP contribution is 2.48. The van der Waals surface area contributed by atoms with Gasteiger partial charge in [0.25, 0.3) is 0 Å². The van der Waals surface area contributed by atoms with Crippen molar-refractivity contribution in [3.63, 3.8) is 0 Å². The average Bonchev–Trinajstić information content (AvgIpc) is 3.35. The van der Waals surface area contributed by atoms with Crippen molar-refractivity contribution in [2.45, 2.75) is 50.1 Å². The van der Waals surface area contributed by atoms with Crippen molar-refractivity contribution in [2.24, 2.45) is 5.92 Å². The fourth-order valence-corrected chi connectivity index (χ4v) is 3.73. The van der Waals surface area contributed by atoms with E-state index < -0.39 is 0 Å². The highest BCUT2D eigenvalue weighted by atomic mass is 16.2. The monoisotopic (exact) mass is 286 g/mol. The Morgan fingerprint density at radius 1 is 1.14 bits per heavy atom. The minimum atomic E-state index is 0.222. The molecule has 2 saturated carbocycles. The van der Waals surface area contributed by atoms with Gasteiger partial charge in [-0.25, -0.2) is 0 Å². The Hall–Kier alpha value is -1.35. The van der Waals surface area contributed by atoms with E-state index in [0.29, 0.717) is 23.9 Å². The van der Waals surface area contributed by atoms with Crippen molar-refractivity contribution in [2.75, 3.05) is 14.1 Å². The lowest BCUT2D eigenvalue weighted by atomic mass is 9.90. The standard InChI is InChI=1S/C18H26N2O/c1-19-14-8-10-15(11-9-14)20(2)18(21)17-12-16(17)13-6-4-3-5-7-13/h3-7,14-17,19H,8-12H2,1-2H3. The molecule has 2 fully saturated rings. The summed E-state index contributed by atoms with van der Waals surface area (Å²) in [6.45, 7) is 0. The molecule has 0 saturated heterocycles. The fourth-order valence-electron chi connectivity index (χ4n) is 3.73. The van der Waals surface area contributed by atoms with E-state index in [-0.39, 0.29) is 5.92 Å². The summed E-state index contributed by atoms with van der Waals surface area (Å²) in [5.41, 5.74) is 1.32. The average molecular weight is 286 g/mol. The molecule has 0 bridgehead atoms. The Labute approximate surface area is 127 Å². The van der Waals surface area contributed by atoms with Crippen LogP contribution in [0.15, 0.2) is 30.3 Å². The summed E-state index contributed by atoms with van der Waals surface area (Å²) in [5.74, 6) is 1.03. The van der Waals surface area contributed by atoms with Gasteiger partial charge in [0.15, 0.2) is 0 Å². The normalized spacial score (nSPS) is 31.7. The van der Waals surface area contributed by atoms with Gasteiger partial charge in [-0.1, -0.05) is 30.3 Å². The van der Waals surface area contributed by atoms with E-state index >= 15 is 0 Å². The smallest absolute Gasteiger partial charge is 0.226 e. The molecule has 2 aliphatic carbocycles.